The van der Waals surface area contributed by atoms with Crippen LogP contribution in [0.3, 0.4) is 0 Å². The fraction of sp³-hybridized carbons (Fsp3) is 0.381. The Morgan fingerprint density at radius 1 is 1.13 bits per heavy atom. The van der Waals surface area contributed by atoms with Crippen molar-refractivity contribution in [3.05, 3.63) is 47.5 Å². The summed E-state index contributed by atoms with van der Waals surface area (Å²) < 4.78 is 10.3. The maximum atomic E-state index is 12.4. The van der Waals surface area contributed by atoms with Crippen molar-refractivity contribution in [1.82, 2.24) is 15.4 Å². The van der Waals surface area contributed by atoms with Crippen molar-refractivity contribution in [1.29, 1.82) is 0 Å². The third-order valence-corrected chi connectivity index (χ3v) is 5.43. The Morgan fingerprint density at radius 2 is 1.87 bits per heavy atom. The van der Waals surface area contributed by atoms with Crippen molar-refractivity contribution in [2.75, 3.05) is 10.6 Å². The minimum atomic E-state index is -0.722. The van der Waals surface area contributed by atoms with Crippen LogP contribution in [-0.4, -0.2) is 32.3 Å². The van der Waals surface area contributed by atoms with Crippen molar-refractivity contribution >= 4 is 29.5 Å². The third-order valence-electron chi connectivity index (χ3n) is 5.43. The van der Waals surface area contributed by atoms with Gasteiger partial charge in [0.2, 0.25) is 5.88 Å². The van der Waals surface area contributed by atoms with Crippen molar-refractivity contribution in [2.24, 2.45) is 5.92 Å². The van der Waals surface area contributed by atoms with Gasteiger partial charge >= 0.3 is 23.8 Å². The number of carboxylic acids is 1. The van der Waals surface area contributed by atoms with Crippen LogP contribution in [0, 0.1) is 12.8 Å². The number of carbonyl (C=O) groups excluding carboxylic acids is 1. The first-order valence-corrected chi connectivity index (χ1v) is 10.1. The number of rotatable bonds is 7. The van der Waals surface area contributed by atoms with E-state index in [0.29, 0.717) is 23.2 Å². The number of aryl methyl sites for hydroxylation is 1. The van der Waals surface area contributed by atoms with Crippen molar-refractivity contribution < 1.29 is 23.6 Å². The van der Waals surface area contributed by atoms with Gasteiger partial charge in [0.25, 0.3) is 0 Å². The summed E-state index contributed by atoms with van der Waals surface area (Å²) in [7, 11) is 0. The molecule has 0 radical (unpaired) electrons. The number of aromatic nitrogens is 3. The first-order chi connectivity index (χ1) is 15.0. The average Bonchev–Trinajstić information content (AvgIpc) is 3.38. The number of nitrogens with zero attached hydrogens (tertiary/aromatic N) is 3. The number of aliphatic carboxylic acids is 1. The molecule has 0 spiro atoms. The third kappa shape index (κ3) is 5.27. The van der Waals surface area contributed by atoms with Gasteiger partial charge in [0, 0.05) is 18.2 Å². The van der Waals surface area contributed by atoms with Crippen LogP contribution in [0.2, 0.25) is 0 Å². The zero-order valence-corrected chi connectivity index (χ0v) is 17.0. The van der Waals surface area contributed by atoms with E-state index in [9.17, 15) is 9.59 Å². The molecule has 1 amide bonds. The van der Waals surface area contributed by atoms with E-state index in [-0.39, 0.29) is 24.2 Å². The number of benzene rings is 1. The van der Waals surface area contributed by atoms with Crippen LogP contribution in [0.25, 0.3) is 0 Å². The lowest BCUT2D eigenvalue weighted by molar-refractivity contribution is -0.138. The van der Waals surface area contributed by atoms with Gasteiger partial charge in [-0.1, -0.05) is 22.4 Å². The smallest absolute Gasteiger partial charge is 0.322 e. The Hall–Kier alpha value is -3.69. The van der Waals surface area contributed by atoms with Crippen LogP contribution in [-0.2, 0) is 4.79 Å². The summed E-state index contributed by atoms with van der Waals surface area (Å²) in [6, 6.07) is 9.34. The number of nitrogens with one attached hydrogen (secondary N) is 2. The molecule has 162 valence electrons. The van der Waals surface area contributed by atoms with Gasteiger partial charge in [-0.2, -0.15) is 0 Å². The minimum Gasteiger partial charge on any atom is -0.481 e. The van der Waals surface area contributed by atoms with Crippen molar-refractivity contribution in [3.8, 4) is 0 Å². The maximum Gasteiger partial charge on any atom is 0.322 e. The fourth-order valence-corrected chi connectivity index (χ4v) is 3.86. The molecule has 3 aromatic rings. The van der Waals surface area contributed by atoms with Crippen LogP contribution >= 0.6 is 0 Å². The standard InChI is InChI=1S/C21H23N5O5/c1-12-10-17(31-26-12)23-21-25-24-20(30-21)19(29)22-16-8-6-15(7-9-16)14-4-2-13(3-5-14)11-18(27)28/h6-10,13-14H,2-5,11H2,1H3,(H,22,29)(H,23,25)(H,27,28). The molecule has 0 aliphatic heterocycles. The van der Waals surface area contributed by atoms with Gasteiger partial charge in [-0.15, -0.1) is 5.10 Å². The Kier molecular flexibility index (Phi) is 5.96. The molecule has 10 nitrogen and oxygen atoms in total. The monoisotopic (exact) mass is 425 g/mol. The number of anilines is 3. The number of carbonyl (C=O) groups is 2. The molecular weight excluding hydrogens is 402 g/mol. The normalized spacial score (nSPS) is 18.5. The largest absolute Gasteiger partial charge is 0.481 e. The number of hydrogen-bond acceptors (Lipinski definition) is 8. The van der Waals surface area contributed by atoms with Gasteiger partial charge in [0.05, 0.1) is 5.69 Å². The molecule has 31 heavy (non-hydrogen) atoms. The summed E-state index contributed by atoms with van der Waals surface area (Å²) in [4.78, 5) is 23.2. The second-order valence-electron chi connectivity index (χ2n) is 7.76. The van der Waals surface area contributed by atoms with Crippen molar-refractivity contribution in [3.63, 3.8) is 0 Å². The van der Waals surface area contributed by atoms with Gasteiger partial charge in [-0.05, 0) is 62.1 Å². The van der Waals surface area contributed by atoms with E-state index in [1.807, 2.05) is 24.3 Å². The lowest BCUT2D eigenvalue weighted by Gasteiger charge is -2.28. The summed E-state index contributed by atoms with van der Waals surface area (Å²) >= 11 is 0. The molecule has 1 aromatic carbocycles. The summed E-state index contributed by atoms with van der Waals surface area (Å²) in [5.41, 5.74) is 2.50. The highest BCUT2D eigenvalue weighted by molar-refractivity contribution is 6.00. The predicted octanol–water partition coefficient (Wildman–Crippen LogP) is 4.11. The van der Waals surface area contributed by atoms with Crippen LogP contribution in [0.5, 0.6) is 0 Å². The molecule has 2 aromatic heterocycles. The molecule has 1 saturated carbocycles. The molecule has 1 fully saturated rings. The van der Waals surface area contributed by atoms with Gasteiger partial charge in [0.1, 0.15) is 0 Å². The highest BCUT2D eigenvalue weighted by atomic mass is 16.5. The fourth-order valence-electron chi connectivity index (χ4n) is 3.86. The van der Waals surface area contributed by atoms with E-state index in [1.165, 1.54) is 5.56 Å². The van der Waals surface area contributed by atoms with E-state index in [4.69, 9.17) is 14.0 Å². The van der Waals surface area contributed by atoms with Crippen LogP contribution in [0.15, 0.2) is 39.3 Å². The molecule has 0 unspecified atom stereocenters. The lowest BCUT2D eigenvalue weighted by Crippen LogP contribution is -2.16. The second-order valence-corrected chi connectivity index (χ2v) is 7.76. The Bertz CT molecular complexity index is 1050. The van der Waals surface area contributed by atoms with E-state index in [1.54, 1.807) is 13.0 Å². The van der Waals surface area contributed by atoms with Crippen molar-refractivity contribution in [2.45, 2.75) is 44.9 Å². The van der Waals surface area contributed by atoms with Crippen LogP contribution in [0.1, 0.15) is 60.0 Å². The zero-order chi connectivity index (χ0) is 21.8. The quantitative estimate of drug-likeness (QED) is 0.509. The molecule has 0 saturated heterocycles. The lowest BCUT2D eigenvalue weighted by atomic mass is 9.77. The number of amides is 1. The van der Waals surface area contributed by atoms with Crippen LogP contribution in [0.4, 0.5) is 17.6 Å². The molecule has 4 rings (SSSR count). The predicted molar refractivity (Wildman–Crippen MR) is 110 cm³/mol. The van der Waals surface area contributed by atoms with E-state index < -0.39 is 11.9 Å². The highest BCUT2D eigenvalue weighted by Gasteiger charge is 2.24. The minimum absolute atomic E-state index is 0.0233. The topological polar surface area (TPSA) is 143 Å². The number of carboxylic acid groups (broad SMARTS) is 1. The summed E-state index contributed by atoms with van der Waals surface area (Å²) in [6.07, 6.45) is 4.06. The van der Waals surface area contributed by atoms with E-state index >= 15 is 0 Å². The summed E-state index contributed by atoms with van der Waals surface area (Å²) in [6.45, 7) is 1.77. The molecular formula is C21H23N5O5. The molecule has 2 heterocycles. The first kappa shape index (κ1) is 20.6. The molecule has 0 bridgehead atoms. The Balaban J connectivity index is 1.31. The molecule has 0 atom stereocenters. The second kappa shape index (κ2) is 8.99. The van der Waals surface area contributed by atoms with Crippen LogP contribution < -0.4 is 10.6 Å². The Morgan fingerprint density at radius 3 is 2.52 bits per heavy atom. The average molecular weight is 425 g/mol. The molecule has 10 heteroatoms. The van der Waals surface area contributed by atoms with Gasteiger partial charge in [0.15, 0.2) is 0 Å². The zero-order valence-electron chi connectivity index (χ0n) is 17.0. The highest BCUT2D eigenvalue weighted by Crippen LogP contribution is 2.37. The Labute approximate surface area is 178 Å². The SMILES string of the molecule is Cc1cc(Nc2nnc(C(=O)Nc3ccc(C4CCC(CC(=O)O)CC4)cc3)o2)on1. The van der Waals surface area contributed by atoms with E-state index in [0.717, 1.165) is 25.7 Å². The number of hydrogen-bond donors (Lipinski definition) is 3. The maximum absolute atomic E-state index is 12.4. The summed E-state index contributed by atoms with van der Waals surface area (Å²) in [5, 5.41) is 25.7. The van der Waals surface area contributed by atoms with Gasteiger partial charge in [-0.3, -0.25) is 14.9 Å². The van der Waals surface area contributed by atoms with Gasteiger partial charge in [-0.25, -0.2) is 0 Å². The summed E-state index contributed by atoms with van der Waals surface area (Å²) in [5.74, 6) is -0.398. The van der Waals surface area contributed by atoms with Gasteiger partial charge < -0.3 is 19.4 Å². The molecule has 1 aliphatic carbocycles. The first-order valence-electron chi connectivity index (χ1n) is 10.1. The molecule has 1 aliphatic rings. The van der Waals surface area contributed by atoms with E-state index in [2.05, 4.69) is 26.0 Å². The molecule has 3 N–H and O–H groups in total.